The van der Waals surface area contributed by atoms with E-state index >= 15 is 0 Å². The zero-order valence-electron chi connectivity index (χ0n) is 20.9. The van der Waals surface area contributed by atoms with Gasteiger partial charge in [0.25, 0.3) is 0 Å². The number of carbonyl (C=O) groups is 1. The summed E-state index contributed by atoms with van der Waals surface area (Å²) >= 11 is 0. The Hall–Kier alpha value is -3.33. The molecule has 3 heteroatoms. The van der Waals surface area contributed by atoms with Crippen molar-refractivity contribution in [3.63, 3.8) is 0 Å². The summed E-state index contributed by atoms with van der Waals surface area (Å²) in [4.78, 5) is 11.1. The molecule has 0 aliphatic carbocycles. The lowest BCUT2D eigenvalue weighted by Crippen LogP contribution is -2.22. The molecule has 0 unspecified atom stereocenters. The molecule has 0 aliphatic heterocycles. The number of nitrogens with one attached hydrogen (secondary N) is 1. The lowest BCUT2D eigenvalue weighted by atomic mass is 9.93. The number of carbonyl (C=O) groups excluding carboxylic acids is 1. The van der Waals surface area contributed by atoms with Crippen LogP contribution in [0.2, 0.25) is 0 Å². The van der Waals surface area contributed by atoms with Crippen molar-refractivity contribution < 1.29 is 9.53 Å². The van der Waals surface area contributed by atoms with Crippen LogP contribution in [0.25, 0.3) is 5.70 Å². The molecular weight excluding hydrogens is 418 g/mol. The van der Waals surface area contributed by atoms with E-state index in [1.165, 1.54) is 16.7 Å². The van der Waals surface area contributed by atoms with Crippen LogP contribution in [-0.2, 0) is 17.8 Å². The highest BCUT2D eigenvalue weighted by Gasteiger charge is 2.17. The number of rotatable bonds is 12. The van der Waals surface area contributed by atoms with Gasteiger partial charge in [-0.2, -0.15) is 0 Å². The normalized spacial score (nSPS) is 11.8. The van der Waals surface area contributed by atoms with Gasteiger partial charge in [0.2, 0.25) is 0 Å². The second kappa shape index (κ2) is 12.2. The highest BCUT2D eigenvalue weighted by Crippen LogP contribution is 2.28. The predicted molar refractivity (Wildman–Crippen MR) is 142 cm³/mol. The molecule has 0 heterocycles. The van der Waals surface area contributed by atoms with E-state index in [1.54, 1.807) is 0 Å². The van der Waals surface area contributed by atoms with Crippen molar-refractivity contribution >= 4 is 12.0 Å². The third-order valence-corrected chi connectivity index (χ3v) is 5.88. The fraction of sp³-hybridized carbons (Fsp3) is 0.323. The molecule has 0 aromatic heterocycles. The van der Waals surface area contributed by atoms with Crippen molar-refractivity contribution in [3.8, 4) is 5.75 Å². The van der Waals surface area contributed by atoms with Gasteiger partial charge < -0.3 is 14.8 Å². The van der Waals surface area contributed by atoms with E-state index in [4.69, 9.17) is 4.74 Å². The molecular formula is C31H37NO2. The van der Waals surface area contributed by atoms with Gasteiger partial charge in [-0.15, -0.1) is 0 Å². The highest BCUT2D eigenvalue weighted by atomic mass is 16.5. The molecule has 3 rings (SSSR count). The average molecular weight is 456 g/mol. The maximum atomic E-state index is 11.1. The molecule has 0 amide bonds. The summed E-state index contributed by atoms with van der Waals surface area (Å²) in [5, 5.41) is 3.73. The number of para-hydroxylation sites is 1. The first-order valence-corrected chi connectivity index (χ1v) is 12.1. The van der Waals surface area contributed by atoms with Crippen molar-refractivity contribution in [2.24, 2.45) is 5.92 Å². The maximum Gasteiger partial charge on any atom is 0.120 e. The second-order valence-electron chi connectivity index (χ2n) is 9.52. The van der Waals surface area contributed by atoms with Crippen LogP contribution < -0.4 is 10.1 Å². The van der Waals surface area contributed by atoms with Gasteiger partial charge >= 0.3 is 0 Å². The highest BCUT2D eigenvalue weighted by molar-refractivity contribution is 5.67. The van der Waals surface area contributed by atoms with Gasteiger partial charge in [0.1, 0.15) is 18.6 Å². The van der Waals surface area contributed by atoms with E-state index in [-0.39, 0.29) is 6.04 Å². The minimum atomic E-state index is 0.161. The first-order valence-electron chi connectivity index (χ1n) is 12.1. The molecule has 1 N–H and O–H groups in total. The van der Waals surface area contributed by atoms with E-state index in [0.29, 0.717) is 25.4 Å². The predicted octanol–water partition coefficient (Wildman–Crippen LogP) is 7.36. The van der Waals surface area contributed by atoms with Gasteiger partial charge in [0.15, 0.2) is 0 Å². The molecule has 3 aromatic rings. The summed E-state index contributed by atoms with van der Waals surface area (Å²) < 4.78 is 5.97. The Morgan fingerprint density at radius 2 is 1.71 bits per heavy atom. The number of hydrogen-bond donors (Lipinski definition) is 1. The third-order valence-electron chi connectivity index (χ3n) is 5.88. The molecule has 0 saturated carbocycles. The zero-order chi connectivity index (χ0) is 24.5. The lowest BCUT2D eigenvalue weighted by Gasteiger charge is -2.26. The van der Waals surface area contributed by atoms with Crippen LogP contribution in [0.4, 0.5) is 0 Å². The minimum Gasteiger partial charge on any atom is -0.489 e. The number of benzene rings is 3. The standard InChI is InChI=1S/C31H37NO2/c1-22(2)16-31(28-18-23(3)17-24(4)19-28)32-25(5)30-20-26(13-14-27(30)10-9-15-33)21-34-29-11-7-6-8-12-29/h6-8,11-15,17-20,22,31-32H,5,9-10,16,21H2,1-4H3/t31-/m1/s1. The Morgan fingerprint density at radius 1 is 1.00 bits per heavy atom. The third kappa shape index (κ3) is 7.34. The van der Waals surface area contributed by atoms with Crippen LogP contribution in [0.3, 0.4) is 0 Å². The Morgan fingerprint density at radius 3 is 2.35 bits per heavy atom. The SMILES string of the molecule is C=C(N[C@H](CC(C)C)c1cc(C)cc(C)c1)c1cc(COc2ccccc2)ccc1CCC=O. The van der Waals surface area contributed by atoms with Crippen LogP contribution in [0, 0.1) is 19.8 Å². The Balaban J connectivity index is 1.87. The molecule has 0 fully saturated rings. The van der Waals surface area contributed by atoms with Crippen LogP contribution in [0.5, 0.6) is 5.75 Å². The quantitative estimate of drug-likeness (QED) is 0.290. The van der Waals surface area contributed by atoms with Gasteiger partial charge in [-0.05, 0) is 67.5 Å². The van der Waals surface area contributed by atoms with Crippen molar-refractivity contribution in [1.29, 1.82) is 0 Å². The van der Waals surface area contributed by atoms with Crippen LogP contribution in [0.15, 0.2) is 73.3 Å². The lowest BCUT2D eigenvalue weighted by molar-refractivity contribution is -0.107. The smallest absolute Gasteiger partial charge is 0.120 e. The number of hydrogen-bond acceptors (Lipinski definition) is 3. The molecule has 0 bridgehead atoms. The molecule has 0 saturated heterocycles. The fourth-order valence-electron chi connectivity index (χ4n) is 4.36. The molecule has 3 nitrogen and oxygen atoms in total. The van der Waals surface area contributed by atoms with E-state index in [9.17, 15) is 4.79 Å². The van der Waals surface area contributed by atoms with Crippen molar-refractivity contribution in [2.45, 2.75) is 59.6 Å². The zero-order valence-corrected chi connectivity index (χ0v) is 20.9. The summed E-state index contributed by atoms with van der Waals surface area (Å²) in [6.45, 7) is 13.7. The van der Waals surface area contributed by atoms with E-state index < -0.39 is 0 Å². The van der Waals surface area contributed by atoms with Crippen LogP contribution in [0.1, 0.15) is 66.1 Å². The molecule has 0 spiro atoms. The average Bonchev–Trinajstić information content (AvgIpc) is 2.81. The van der Waals surface area contributed by atoms with Gasteiger partial charge in [-0.3, -0.25) is 0 Å². The molecule has 178 valence electrons. The van der Waals surface area contributed by atoms with Crippen molar-refractivity contribution in [1.82, 2.24) is 5.32 Å². The minimum absolute atomic E-state index is 0.161. The fourth-order valence-corrected chi connectivity index (χ4v) is 4.36. The van der Waals surface area contributed by atoms with Crippen LogP contribution in [-0.4, -0.2) is 6.29 Å². The summed E-state index contributed by atoms with van der Waals surface area (Å²) in [5.74, 6) is 1.38. The largest absolute Gasteiger partial charge is 0.489 e. The topological polar surface area (TPSA) is 38.3 Å². The molecule has 1 atom stereocenters. The monoisotopic (exact) mass is 455 g/mol. The Kier molecular flexibility index (Phi) is 9.09. The first-order chi connectivity index (χ1) is 16.4. The summed E-state index contributed by atoms with van der Waals surface area (Å²) in [6.07, 6.45) is 3.16. The molecule has 0 radical (unpaired) electrons. The number of ether oxygens (including phenoxy) is 1. The van der Waals surface area contributed by atoms with Gasteiger partial charge in [0, 0.05) is 17.7 Å². The maximum absolute atomic E-state index is 11.1. The Labute approximate surface area is 204 Å². The van der Waals surface area contributed by atoms with Gasteiger partial charge in [-0.25, -0.2) is 0 Å². The molecule has 34 heavy (non-hydrogen) atoms. The van der Waals surface area contributed by atoms with Gasteiger partial charge in [0.05, 0.1) is 6.04 Å². The number of aryl methyl sites for hydroxylation is 3. The van der Waals surface area contributed by atoms with E-state index in [2.05, 4.69) is 76.0 Å². The summed E-state index contributed by atoms with van der Waals surface area (Å²) in [6, 6.07) is 23.0. The van der Waals surface area contributed by atoms with E-state index in [1.807, 2.05) is 30.3 Å². The van der Waals surface area contributed by atoms with Crippen molar-refractivity contribution in [3.05, 3.63) is 107 Å². The van der Waals surface area contributed by atoms with E-state index in [0.717, 1.165) is 40.8 Å². The number of aldehydes is 1. The second-order valence-corrected chi connectivity index (χ2v) is 9.52. The Bertz CT molecular complexity index is 1080. The van der Waals surface area contributed by atoms with Gasteiger partial charge in [-0.1, -0.05) is 80.1 Å². The summed E-state index contributed by atoms with van der Waals surface area (Å²) in [7, 11) is 0. The van der Waals surface area contributed by atoms with Crippen LogP contribution >= 0.6 is 0 Å². The molecule has 3 aromatic carbocycles. The first kappa shape index (κ1) is 25.3. The van der Waals surface area contributed by atoms with Crippen molar-refractivity contribution in [2.75, 3.05) is 0 Å². The molecule has 0 aliphatic rings. The summed E-state index contributed by atoms with van der Waals surface area (Å²) in [5.41, 5.74) is 7.94.